The van der Waals surface area contributed by atoms with E-state index in [-0.39, 0.29) is 5.91 Å². The molecular formula is C25H18BrClN4O4S. The van der Waals surface area contributed by atoms with Gasteiger partial charge in [-0.05, 0) is 76.1 Å². The normalized spacial score (nSPS) is 10.8. The van der Waals surface area contributed by atoms with Gasteiger partial charge < -0.3 is 15.2 Å². The molecule has 1 amide bonds. The molecule has 11 heteroatoms. The first-order valence-corrected chi connectivity index (χ1v) is 12.5. The van der Waals surface area contributed by atoms with E-state index in [1.807, 2.05) is 29.6 Å². The summed E-state index contributed by atoms with van der Waals surface area (Å²) in [5, 5.41) is 19.3. The molecule has 3 N–H and O–H groups in total. The second-order valence-corrected chi connectivity index (χ2v) is 9.47. The first-order chi connectivity index (χ1) is 17.4. The number of carbonyl (C=O) groups is 2. The fourth-order valence-electron chi connectivity index (χ4n) is 3.00. The maximum atomic E-state index is 12.4. The van der Waals surface area contributed by atoms with Crippen LogP contribution in [0.4, 0.5) is 10.8 Å². The van der Waals surface area contributed by atoms with Crippen molar-refractivity contribution in [3.63, 3.8) is 0 Å². The number of anilines is 2. The molecule has 3 aromatic carbocycles. The van der Waals surface area contributed by atoms with Crippen LogP contribution in [0.5, 0.6) is 5.75 Å². The van der Waals surface area contributed by atoms with E-state index in [0.717, 1.165) is 22.1 Å². The van der Waals surface area contributed by atoms with Gasteiger partial charge in [-0.2, -0.15) is 5.10 Å². The van der Waals surface area contributed by atoms with Crippen molar-refractivity contribution in [3.8, 4) is 17.0 Å². The predicted octanol–water partition coefficient (Wildman–Crippen LogP) is 6.20. The lowest BCUT2D eigenvalue weighted by Crippen LogP contribution is -2.17. The Morgan fingerprint density at radius 3 is 2.56 bits per heavy atom. The Bertz CT molecular complexity index is 1410. The van der Waals surface area contributed by atoms with Crippen LogP contribution in [0.3, 0.4) is 0 Å². The Balaban J connectivity index is 1.33. The summed E-state index contributed by atoms with van der Waals surface area (Å²) >= 11 is 10.7. The lowest BCUT2D eigenvalue weighted by molar-refractivity contribution is -0.139. The van der Waals surface area contributed by atoms with Crippen LogP contribution in [0, 0.1) is 0 Å². The number of halogens is 2. The minimum Gasteiger partial charge on any atom is -0.481 e. The van der Waals surface area contributed by atoms with Gasteiger partial charge in [0.1, 0.15) is 5.75 Å². The number of hydrogen-bond acceptors (Lipinski definition) is 7. The fourth-order valence-corrected chi connectivity index (χ4v) is 4.37. The number of amides is 1. The van der Waals surface area contributed by atoms with Gasteiger partial charge in [0.2, 0.25) is 0 Å². The summed E-state index contributed by atoms with van der Waals surface area (Å²) in [7, 11) is 0. The monoisotopic (exact) mass is 584 g/mol. The highest BCUT2D eigenvalue weighted by atomic mass is 79.9. The van der Waals surface area contributed by atoms with Crippen molar-refractivity contribution < 1.29 is 19.4 Å². The number of carboxylic acids is 1. The second kappa shape index (κ2) is 11.8. The summed E-state index contributed by atoms with van der Waals surface area (Å²) in [6.07, 6.45) is 1.47. The smallest absolute Gasteiger partial charge is 0.341 e. The number of aliphatic carboxylic acids is 1. The van der Waals surface area contributed by atoms with E-state index >= 15 is 0 Å². The SMILES string of the molecule is O=C(O)COc1ccc(/C=N\NC(=O)c2ccc(-c3csc(Nc4ccc(Cl)cc4)n3)cc2)cc1Br. The Kier molecular flexibility index (Phi) is 8.32. The van der Waals surface area contributed by atoms with E-state index in [0.29, 0.717) is 26.4 Å². The molecule has 0 fully saturated rings. The molecule has 0 aliphatic carbocycles. The third-order valence-corrected chi connectivity index (χ3v) is 6.36. The third kappa shape index (κ3) is 6.91. The van der Waals surface area contributed by atoms with Crippen molar-refractivity contribution in [3.05, 3.63) is 92.7 Å². The molecule has 0 unspecified atom stereocenters. The molecule has 0 radical (unpaired) electrons. The topological polar surface area (TPSA) is 113 Å². The Labute approximate surface area is 223 Å². The minimum absolute atomic E-state index is 0.360. The number of hydrogen-bond donors (Lipinski definition) is 3. The van der Waals surface area contributed by atoms with E-state index < -0.39 is 12.6 Å². The van der Waals surface area contributed by atoms with Gasteiger partial charge in [0, 0.05) is 27.2 Å². The van der Waals surface area contributed by atoms with Gasteiger partial charge in [-0.3, -0.25) is 4.79 Å². The largest absolute Gasteiger partial charge is 0.481 e. The van der Waals surface area contributed by atoms with Crippen LogP contribution in [0.1, 0.15) is 15.9 Å². The molecule has 36 heavy (non-hydrogen) atoms. The molecule has 0 aliphatic rings. The predicted molar refractivity (Wildman–Crippen MR) is 145 cm³/mol. The standard InChI is InChI=1S/C25H18BrClN4O4S/c26-20-11-15(1-10-22(20)35-13-23(32)33)12-28-31-24(34)17-4-2-16(3-5-17)21-14-36-25(30-21)29-19-8-6-18(27)7-9-19/h1-12,14H,13H2,(H,29,30)(H,31,34)(H,32,33)/b28-12-. The van der Waals surface area contributed by atoms with Crippen LogP contribution in [0.25, 0.3) is 11.3 Å². The molecular weight excluding hydrogens is 568 g/mol. The van der Waals surface area contributed by atoms with Gasteiger partial charge in [-0.15, -0.1) is 11.3 Å². The van der Waals surface area contributed by atoms with Crippen LogP contribution in [-0.2, 0) is 4.79 Å². The Morgan fingerprint density at radius 2 is 1.86 bits per heavy atom. The number of carboxylic acid groups (broad SMARTS) is 1. The van der Waals surface area contributed by atoms with Gasteiger partial charge in [0.25, 0.3) is 5.91 Å². The summed E-state index contributed by atoms with van der Waals surface area (Å²) in [4.78, 5) is 27.7. The molecule has 1 aromatic heterocycles. The number of rotatable bonds is 9. The Morgan fingerprint density at radius 1 is 1.11 bits per heavy atom. The molecule has 1 heterocycles. The number of carbonyl (C=O) groups excluding carboxylic acids is 1. The first kappa shape index (κ1) is 25.4. The lowest BCUT2D eigenvalue weighted by atomic mass is 10.1. The van der Waals surface area contributed by atoms with Gasteiger partial charge in [0.15, 0.2) is 11.7 Å². The van der Waals surface area contributed by atoms with Crippen molar-refractivity contribution >= 4 is 67.8 Å². The third-order valence-electron chi connectivity index (χ3n) is 4.73. The molecule has 4 rings (SSSR count). The summed E-state index contributed by atoms with van der Waals surface area (Å²) in [5.41, 5.74) is 6.19. The quantitative estimate of drug-likeness (QED) is 0.159. The van der Waals surface area contributed by atoms with Crippen LogP contribution in [0.15, 0.2) is 81.7 Å². The molecule has 0 saturated carbocycles. The summed E-state index contributed by atoms with van der Waals surface area (Å²) < 4.78 is 5.73. The molecule has 0 aliphatic heterocycles. The molecule has 182 valence electrons. The zero-order valence-corrected chi connectivity index (χ0v) is 21.6. The molecule has 0 spiro atoms. The van der Waals surface area contributed by atoms with E-state index in [1.165, 1.54) is 17.6 Å². The first-order valence-electron chi connectivity index (χ1n) is 10.4. The van der Waals surface area contributed by atoms with E-state index in [9.17, 15) is 9.59 Å². The zero-order valence-electron chi connectivity index (χ0n) is 18.4. The number of hydrazone groups is 1. The van der Waals surface area contributed by atoms with Crippen LogP contribution < -0.4 is 15.5 Å². The van der Waals surface area contributed by atoms with Gasteiger partial charge in [0.05, 0.1) is 16.4 Å². The highest BCUT2D eigenvalue weighted by molar-refractivity contribution is 9.10. The maximum Gasteiger partial charge on any atom is 0.341 e. The summed E-state index contributed by atoms with van der Waals surface area (Å²) in [6.45, 7) is -0.440. The van der Waals surface area contributed by atoms with Crippen molar-refractivity contribution in [1.82, 2.24) is 10.4 Å². The van der Waals surface area contributed by atoms with E-state index in [2.05, 4.69) is 36.8 Å². The van der Waals surface area contributed by atoms with E-state index in [1.54, 1.807) is 42.5 Å². The highest BCUT2D eigenvalue weighted by Crippen LogP contribution is 2.28. The van der Waals surface area contributed by atoms with Crippen LogP contribution in [-0.4, -0.2) is 34.8 Å². The second-order valence-electron chi connectivity index (χ2n) is 7.32. The number of benzene rings is 3. The number of nitrogens with one attached hydrogen (secondary N) is 2. The number of aromatic nitrogens is 1. The minimum atomic E-state index is -1.06. The maximum absolute atomic E-state index is 12.4. The van der Waals surface area contributed by atoms with E-state index in [4.69, 9.17) is 21.4 Å². The highest BCUT2D eigenvalue weighted by Gasteiger charge is 2.09. The average molecular weight is 586 g/mol. The van der Waals surface area contributed by atoms with Crippen molar-refractivity contribution in [2.75, 3.05) is 11.9 Å². The van der Waals surface area contributed by atoms with Crippen molar-refractivity contribution in [1.29, 1.82) is 0 Å². The van der Waals surface area contributed by atoms with Crippen molar-refractivity contribution in [2.24, 2.45) is 5.10 Å². The molecule has 8 nitrogen and oxygen atoms in total. The fraction of sp³-hybridized carbons (Fsp3) is 0.0400. The molecule has 4 aromatic rings. The number of nitrogens with zero attached hydrogens (tertiary/aromatic N) is 2. The Hall–Kier alpha value is -3.73. The van der Waals surface area contributed by atoms with Gasteiger partial charge in [-0.25, -0.2) is 15.2 Å². The van der Waals surface area contributed by atoms with Crippen molar-refractivity contribution in [2.45, 2.75) is 0 Å². The number of thiazole rings is 1. The zero-order chi connectivity index (χ0) is 25.5. The van der Waals surface area contributed by atoms with Crippen LogP contribution in [0.2, 0.25) is 5.02 Å². The summed E-state index contributed by atoms with van der Waals surface area (Å²) in [5.74, 6) is -1.03. The molecule has 0 atom stereocenters. The molecule has 0 bridgehead atoms. The molecule has 0 saturated heterocycles. The average Bonchev–Trinajstić information content (AvgIpc) is 3.33. The van der Waals surface area contributed by atoms with Gasteiger partial charge >= 0.3 is 5.97 Å². The lowest BCUT2D eigenvalue weighted by Gasteiger charge is -2.06. The van der Waals surface area contributed by atoms with Crippen LogP contribution >= 0.6 is 38.9 Å². The summed E-state index contributed by atoms with van der Waals surface area (Å²) in [6, 6.07) is 19.4. The van der Waals surface area contributed by atoms with Gasteiger partial charge in [-0.1, -0.05) is 23.7 Å². The number of ether oxygens (including phenoxy) is 1.